The van der Waals surface area contributed by atoms with Crippen molar-refractivity contribution in [2.45, 2.75) is 26.9 Å². The van der Waals surface area contributed by atoms with E-state index in [0.29, 0.717) is 35.1 Å². The summed E-state index contributed by atoms with van der Waals surface area (Å²) in [6, 6.07) is 14.8. The maximum Gasteiger partial charge on any atom is 0.342 e. The monoisotopic (exact) mass is 439 g/mol. The standard InChI is InChI=1S/C23H26ClN5O2/c1-15-21(22(30)25-13-18-7-11-20(12-8-18)28(3)4)16(2)29(27-15)23(31)26-14-17-5-9-19(24)10-6-17/h5-12H,13-14H2,1-4H3,(H,25,30)(H,26,31). The van der Waals surface area contributed by atoms with E-state index in [1.54, 1.807) is 26.0 Å². The highest BCUT2D eigenvalue weighted by atomic mass is 35.5. The molecule has 3 aromatic rings. The molecule has 162 valence electrons. The Kier molecular flexibility index (Phi) is 6.97. The molecule has 0 unspecified atom stereocenters. The molecule has 3 rings (SSSR count). The van der Waals surface area contributed by atoms with Crippen LogP contribution < -0.4 is 15.5 Å². The van der Waals surface area contributed by atoms with E-state index in [9.17, 15) is 9.59 Å². The Hall–Kier alpha value is -3.32. The summed E-state index contributed by atoms with van der Waals surface area (Å²) in [6.07, 6.45) is 0. The number of anilines is 1. The van der Waals surface area contributed by atoms with Gasteiger partial charge in [-0.3, -0.25) is 4.79 Å². The predicted octanol–water partition coefficient (Wildman–Crippen LogP) is 3.91. The van der Waals surface area contributed by atoms with Gasteiger partial charge in [0, 0.05) is 37.9 Å². The molecular weight excluding hydrogens is 414 g/mol. The maximum atomic E-state index is 12.8. The molecule has 0 atom stereocenters. The molecule has 0 fully saturated rings. The minimum Gasteiger partial charge on any atom is -0.378 e. The molecular formula is C23H26ClN5O2. The fourth-order valence-corrected chi connectivity index (χ4v) is 3.33. The average molecular weight is 440 g/mol. The number of carbonyl (C=O) groups is 2. The van der Waals surface area contributed by atoms with Gasteiger partial charge in [-0.2, -0.15) is 9.78 Å². The summed E-state index contributed by atoms with van der Waals surface area (Å²) in [7, 11) is 3.96. The molecule has 0 radical (unpaired) electrons. The molecule has 0 saturated carbocycles. The van der Waals surface area contributed by atoms with Crippen LogP contribution in [0.1, 0.15) is 32.9 Å². The van der Waals surface area contributed by atoms with E-state index in [0.717, 1.165) is 16.8 Å². The van der Waals surface area contributed by atoms with Gasteiger partial charge in [0.05, 0.1) is 17.0 Å². The van der Waals surface area contributed by atoms with Gasteiger partial charge in [0.25, 0.3) is 5.91 Å². The molecule has 31 heavy (non-hydrogen) atoms. The summed E-state index contributed by atoms with van der Waals surface area (Å²) in [5.41, 5.74) is 4.39. The first-order valence-corrected chi connectivity index (χ1v) is 10.3. The highest BCUT2D eigenvalue weighted by Crippen LogP contribution is 2.15. The molecule has 8 heteroatoms. The lowest BCUT2D eigenvalue weighted by Gasteiger charge is -2.13. The maximum absolute atomic E-state index is 12.8. The summed E-state index contributed by atoms with van der Waals surface area (Å²) in [4.78, 5) is 27.4. The second-order valence-electron chi connectivity index (χ2n) is 7.49. The molecule has 0 bridgehead atoms. The smallest absolute Gasteiger partial charge is 0.342 e. The Bertz CT molecular complexity index is 1070. The molecule has 2 N–H and O–H groups in total. The summed E-state index contributed by atoms with van der Waals surface area (Å²) in [5.74, 6) is -0.261. The summed E-state index contributed by atoms with van der Waals surface area (Å²) < 4.78 is 1.23. The number of nitrogens with zero attached hydrogens (tertiary/aromatic N) is 3. The van der Waals surface area contributed by atoms with Gasteiger partial charge in [-0.15, -0.1) is 0 Å². The Morgan fingerprint density at radius 2 is 1.48 bits per heavy atom. The van der Waals surface area contributed by atoms with Crippen molar-refractivity contribution in [1.82, 2.24) is 20.4 Å². The zero-order chi connectivity index (χ0) is 22.5. The van der Waals surface area contributed by atoms with E-state index < -0.39 is 6.03 Å². The number of hydrogen-bond acceptors (Lipinski definition) is 4. The number of nitrogens with one attached hydrogen (secondary N) is 2. The van der Waals surface area contributed by atoms with Gasteiger partial charge in [0.2, 0.25) is 0 Å². The zero-order valence-corrected chi connectivity index (χ0v) is 18.8. The van der Waals surface area contributed by atoms with E-state index >= 15 is 0 Å². The van der Waals surface area contributed by atoms with Crippen molar-refractivity contribution in [3.05, 3.63) is 81.6 Å². The van der Waals surface area contributed by atoms with Crippen LogP contribution in [-0.4, -0.2) is 35.8 Å². The molecule has 0 spiro atoms. The number of amides is 2. The first-order chi connectivity index (χ1) is 14.8. The quantitative estimate of drug-likeness (QED) is 0.610. The van der Waals surface area contributed by atoms with E-state index in [-0.39, 0.29) is 5.91 Å². The first-order valence-electron chi connectivity index (χ1n) is 9.89. The van der Waals surface area contributed by atoms with Gasteiger partial charge < -0.3 is 15.5 Å². The molecule has 0 aliphatic heterocycles. The van der Waals surface area contributed by atoms with Crippen molar-refractivity contribution in [3.8, 4) is 0 Å². The van der Waals surface area contributed by atoms with Gasteiger partial charge in [-0.05, 0) is 49.2 Å². The van der Waals surface area contributed by atoms with Crippen molar-refractivity contribution in [1.29, 1.82) is 0 Å². The second kappa shape index (κ2) is 9.66. The number of carbonyl (C=O) groups excluding carboxylic acids is 2. The first kappa shape index (κ1) is 22.4. The lowest BCUT2D eigenvalue weighted by Crippen LogP contribution is -2.30. The van der Waals surface area contributed by atoms with Crippen LogP contribution in [0.4, 0.5) is 10.5 Å². The van der Waals surface area contributed by atoms with Gasteiger partial charge >= 0.3 is 6.03 Å². The molecule has 0 saturated heterocycles. The van der Waals surface area contributed by atoms with E-state index in [4.69, 9.17) is 11.6 Å². The lowest BCUT2D eigenvalue weighted by molar-refractivity contribution is 0.0949. The zero-order valence-electron chi connectivity index (χ0n) is 18.1. The van der Waals surface area contributed by atoms with Crippen LogP contribution in [0.25, 0.3) is 0 Å². The molecule has 0 aliphatic rings. The molecule has 0 aliphatic carbocycles. The largest absolute Gasteiger partial charge is 0.378 e. The molecule has 2 aromatic carbocycles. The van der Waals surface area contributed by atoms with Crippen molar-refractivity contribution >= 4 is 29.2 Å². The van der Waals surface area contributed by atoms with Crippen LogP contribution >= 0.6 is 11.6 Å². The molecule has 7 nitrogen and oxygen atoms in total. The normalized spacial score (nSPS) is 10.6. The molecule has 1 aromatic heterocycles. The van der Waals surface area contributed by atoms with Crippen molar-refractivity contribution < 1.29 is 9.59 Å². The van der Waals surface area contributed by atoms with E-state index in [1.165, 1.54) is 4.68 Å². The van der Waals surface area contributed by atoms with Crippen molar-refractivity contribution in [3.63, 3.8) is 0 Å². The fraction of sp³-hybridized carbons (Fsp3) is 0.261. The highest BCUT2D eigenvalue weighted by molar-refractivity contribution is 6.30. The number of benzene rings is 2. The molecule has 2 amide bonds. The minimum atomic E-state index is -0.395. The van der Waals surface area contributed by atoms with Gasteiger partial charge in [0.1, 0.15) is 0 Å². The Balaban J connectivity index is 1.64. The van der Waals surface area contributed by atoms with Crippen LogP contribution in [0, 0.1) is 13.8 Å². The summed E-state index contributed by atoms with van der Waals surface area (Å²) >= 11 is 5.88. The lowest BCUT2D eigenvalue weighted by atomic mass is 10.1. The van der Waals surface area contributed by atoms with Gasteiger partial charge in [-0.1, -0.05) is 35.9 Å². The third kappa shape index (κ3) is 5.44. The summed E-state index contributed by atoms with van der Waals surface area (Å²) in [6.45, 7) is 4.15. The number of aromatic nitrogens is 2. The van der Waals surface area contributed by atoms with Crippen molar-refractivity contribution in [2.24, 2.45) is 0 Å². The third-order valence-electron chi connectivity index (χ3n) is 4.97. The number of rotatable bonds is 6. The van der Waals surface area contributed by atoms with Crippen LogP contribution in [0.2, 0.25) is 5.02 Å². The predicted molar refractivity (Wildman–Crippen MR) is 123 cm³/mol. The van der Waals surface area contributed by atoms with Crippen LogP contribution in [0.5, 0.6) is 0 Å². The third-order valence-corrected chi connectivity index (χ3v) is 5.23. The van der Waals surface area contributed by atoms with Crippen LogP contribution in [0.15, 0.2) is 48.5 Å². The van der Waals surface area contributed by atoms with Gasteiger partial charge in [-0.25, -0.2) is 4.79 Å². The van der Waals surface area contributed by atoms with Crippen LogP contribution in [-0.2, 0) is 13.1 Å². The Labute approximate surface area is 187 Å². The topological polar surface area (TPSA) is 79.3 Å². The highest BCUT2D eigenvalue weighted by Gasteiger charge is 2.21. The van der Waals surface area contributed by atoms with Crippen molar-refractivity contribution in [2.75, 3.05) is 19.0 Å². The van der Waals surface area contributed by atoms with E-state index in [1.807, 2.05) is 55.4 Å². The number of aryl methyl sites for hydroxylation is 1. The number of halogens is 1. The van der Waals surface area contributed by atoms with E-state index in [2.05, 4.69) is 15.7 Å². The second-order valence-corrected chi connectivity index (χ2v) is 7.92. The average Bonchev–Trinajstić information content (AvgIpc) is 3.05. The number of hydrogen-bond donors (Lipinski definition) is 2. The fourth-order valence-electron chi connectivity index (χ4n) is 3.21. The van der Waals surface area contributed by atoms with Gasteiger partial charge in [0.15, 0.2) is 0 Å². The Morgan fingerprint density at radius 3 is 2.06 bits per heavy atom. The van der Waals surface area contributed by atoms with Crippen LogP contribution in [0.3, 0.4) is 0 Å². The summed E-state index contributed by atoms with van der Waals surface area (Å²) in [5, 5.41) is 10.6. The SMILES string of the molecule is Cc1nn(C(=O)NCc2ccc(Cl)cc2)c(C)c1C(=O)NCc1ccc(N(C)C)cc1. The molecule has 1 heterocycles. The Morgan fingerprint density at radius 1 is 0.935 bits per heavy atom. The minimum absolute atomic E-state index is 0.261.